The van der Waals surface area contributed by atoms with E-state index in [1.807, 2.05) is 13.8 Å². The van der Waals surface area contributed by atoms with E-state index in [1.165, 1.54) is 0 Å². The Bertz CT molecular complexity index is 323. The standard InChI is InChI=1S/C12H22N2OS/c1-5-9(2)12(4,15)8-13-6-11-7-16-10(3)14-11/h7,9,13,15H,5-6,8H2,1-4H3. The van der Waals surface area contributed by atoms with Crippen molar-refractivity contribution in [3.63, 3.8) is 0 Å². The van der Waals surface area contributed by atoms with Crippen LogP contribution in [0.2, 0.25) is 0 Å². The molecule has 0 aliphatic carbocycles. The molecule has 0 aliphatic rings. The Morgan fingerprint density at radius 2 is 2.31 bits per heavy atom. The van der Waals surface area contributed by atoms with E-state index in [9.17, 15) is 5.11 Å². The minimum atomic E-state index is -0.639. The molecule has 2 N–H and O–H groups in total. The monoisotopic (exact) mass is 242 g/mol. The molecular weight excluding hydrogens is 220 g/mol. The average Bonchev–Trinajstić information content (AvgIpc) is 2.62. The molecule has 3 nitrogen and oxygen atoms in total. The highest BCUT2D eigenvalue weighted by molar-refractivity contribution is 7.09. The second-order valence-electron chi connectivity index (χ2n) is 4.63. The number of aromatic nitrogens is 1. The topological polar surface area (TPSA) is 45.1 Å². The van der Waals surface area contributed by atoms with Crippen LogP contribution in [0.3, 0.4) is 0 Å². The van der Waals surface area contributed by atoms with Gasteiger partial charge in [0, 0.05) is 18.5 Å². The maximum atomic E-state index is 10.2. The van der Waals surface area contributed by atoms with Gasteiger partial charge < -0.3 is 10.4 Å². The van der Waals surface area contributed by atoms with Crippen molar-refractivity contribution in [1.29, 1.82) is 0 Å². The molecule has 0 spiro atoms. The van der Waals surface area contributed by atoms with Crippen LogP contribution < -0.4 is 5.32 Å². The van der Waals surface area contributed by atoms with E-state index in [1.54, 1.807) is 11.3 Å². The molecule has 0 aromatic carbocycles. The first-order valence-corrected chi connectivity index (χ1v) is 6.67. The minimum Gasteiger partial charge on any atom is -0.389 e. The summed E-state index contributed by atoms with van der Waals surface area (Å²) >= 11 is 1.66. The third-order valence-electron chi connectivity index (χ3n) is 3.13. The van der Waals surface area contributed by atoms with Gasteiger partial charge in [-0.2, -0.15) is 0 Å². The molecule has 0 saturated heterocycles. The molecule has 0 bridgehead atoms. The highest BCUT2D eigenvalue weighted by Crippen LogP contribution is 2.19. The fraction of sp³-hybridized carbons (Fsp3) is 0.750. The summed E-state index contributed by atoms with van der Waals surface area (Å²) in [7, 11) is 0. The Balaban J connectivity index is 2.35. The van der Waals surface area contributed by atoms with E-state index in [0.717, 1.165) is 23.7 Å². The van der Waals surface area contributed by atoms with Crippen LogP contribution in [-0.4, -0.2) is 22.2 Å². The lowest BCUT2D eigenvalue weighted by Crippen LogP contribution is -2.42. The molecule has 1 heterocycles. The average molecular weight is 242 g/mol. The van der Waals surface area contributed by atoms with Crippen LogP contribution in [0.5, 0.6) is 0 Å². The number of nitrogens with zero attached hydrogens (tertiary/aromatic N) is 1. The predicted octanol–water partition coefficient (Wildman–Crippen LogP) is 2.34. The number of hydrogen-bond donors (Lipinski definition) is 2. The van der Waals surface area contributed by atoms with Gasteiger partial charge in [0.05, 0.1) is 16.3 Å². The smallest absolute Gasteiger partial charge is 0.0897 e. The van der Waals surface area contributed by atoms with Gasteiger partial charge in [0.2, 0.25) is 0 Å². The quantitative estimate of drug-likeness (QED) is 0.805. The van der Waals surface area contributed by atoms with Gasteiger partial charge in [-0.3, -0.25) is 0 Å². The van der Waals surface area contributed by atoms with E-state index < -0.39 is 5.60 Å². The van der Waals surface area contributed by atoms with E-state index >= 15 is 0 Å². The lowest BCUT2D eigenvalue weighted by Gasteiger charge is -2.29. The molecule has 2 unspecified atom stereocenters. The van der Waals surface area contributed by atoms with Crippen molar-refractivity contribution in [2.45, 2.75) is 46.3 Å². The number of rotatable bonds is 6. The second-order valence-corrected chi connectivity index (χ2v) is 5.69. The molecule has 1 aromatic heterocycles. The van der Waals surface area contributed by atoms with Gasteiger partial charge in [-0.05, 0) is 19.8 Å². The molecule has 4 heteroatoms. The van der Waals surface area contributed by atoms with Gasteiger partial charge in [0.1, 0.15) is 0 Å². The Morgan fingerprint density at radius 3 is 2.81 bits per heavy atom. The number of nitrogens with one attached hydrogen (secondary N) is 1. The molecular formula is C12H22N2OS. The SMILES string of the molecule is CCC(C)C(C)(O)CNCc1csc(C)n1. The predicted molar refractivity (Wildman–Crippen MR) is 68.6 cm³/mol. The zero-order valence-corrected chi connectivity index (χ0v) is 11.4. The van der Waals surface area contributed by atoms with Gasteiger partial charge in [-0.15, -0.1) is 11.3 Å². The van der Waals surface area contributed by atoms with Crippen LogP contribution in [0, 0.1) is 12.8 Å². The van der Waals surface area contributed by atoms with Crippen LogP contribution in [0.15, 0.2) is 5.38 Å². The molecule has 92 valence electrons. The van der Waals surface area contributed by atoms with Gasteiger partial charge in [-0.1, -0.05) is 20.3 Å². The van der Waals surface area contributed by atoms with Gasteiger partial charge in [-0.25, -0.2) is 4.98 Å². The Hall–Kier alpha value is -0.450. The Kier molecular flexibility index (Phi) is 4.89. The summed E-state index contributed by atoms with van der Waals surface area (Å²) in [5, 5.41) is 16.6. The maximum absolute atomic E-state index is 10.2. The van der Waals surface area contributed by atoms with E-state index in [2.05, 4.69) is 29.5 Å². The third kappa shape index (κ3) is 3.85. The molecule has 1 aromatic rings. The normalized spacial score (nSPS) is 17.1. The number of aryl methyl sites for hydroxylation is 1. The fourth-order valence-electron chi connectivity index (χ4n) is 1.55. The Morgan fingerprint density at radius 1 is 1.62 bits per heavy atom. The van der Waals surface area contributed by atoms with Crippen LogP contribution in [-0.2, 0) is 6.54 Å². The number of hydrogen-bond acceptors (Lipinski definition) is 4. The lowest BCUT2D eigenvalue weighted by molar-refractivity contribution is 0.00530. The second kappa shape index (κ2) is 5.75. The highest BCUT2D eigenvalue weighted by Gasteiger charge is 2.26. The largest absolute Gasteiger partial charge is 0.389 e. The van der Waals surface area contributed by atoms with Crippen molar-refractivity contribution in [2.24, 2.45) is 5.92 Å². The zero-order valence-electron chi connectivity index (χ0n) is 10.6. The fourth-order valence-corrected chi connectivity index (χ4v) is 2.16. The van der Waals surface area contributed by atoms with Gasteiger partial charge >= 0.3 is 0 Å². The molecule has 0 aliphatic heterocycles. The van der Waals surface area contributed by atoms with Crippen LogP contribution in [0.4, 0.5) is 0 Å². The summed E-state index contributed by atoms with van der Waals surface area (Å²) in [5.41, 5.74) is 0.419. The minimum absolute atomic E-state index is 0.303. The van der Waals surface area contributed by atoms with E-state index in [0.29, 0.717) is 12.5 Å². The van der Waals surface area contributed by atoms with E-state index in [4.69, 9.17) is 0 Å². The molecule has 2 atom stereocenters. The van der Waals surface area contributed by atoms with E-state index in [-0.39, 0.29) is 0 Å². The van der Waals surface area contributed by atoms with Gasteiger partial charge in [0.25, 0.3) is 0 Å². The molecule has 0 radical (unpaired) electrons. The van der Waals surface area contributed by atoms with Gasteiger partial charge in [0.15, 0.2) is 0 Å². The summed E-state index contributed by atoms with van der Waals surface area (Å²) in [5.74, 6) is 0.303. The molecule has 0 amide bonds. The summed E-state index contributed by atoms with van der Waals surface area (Å²) < 4.78 is 0. The summed E-state index contributed by atoms with van der Waals surface area (Å²) in [6, 6.07) is 0. The summed E-state index contributed by atoms with van der Waals surface area (Å²) in [4.78, 5) is 4.37. The maximum Gasteiger partial charge on any atom is 0.0897 e. The first-order chi connectivity index (χ1) is 7.45. The van der Waals surface area contributed by atoms with Crippen molar-refractivity contribution in [3.8, 4) is 0 Å². The van der Waals surface area contributed by atoms with Crippen LogP contribution in [0.25, 0.3) is 0 Å². The first-order valence-electron chi connectivity index (χ1n) is 5.79. The third-order valence-corrected chi connectivity index (χ3v) is 3.95. The summed E-state index contributed by atoms with van der Waals surface area (Å²) in [6.45, 7) is 9.41. The van der Waals surface area contributed by atoms with Crippen molar-refractivity contribution in [3.05, 3.63) is 16.1 Å². The summed E-state index contributed by atoms with van der Waals surface area (Å²) in [6.07, 6.45) is 0.991. The Labute approximate surface area is 102 Å². The molecule has 1 rings (SSSR count). The van der Waals surface area contributed by atoms with Crippen molar-refractivity contribution in [1.82, 2.24) is 10.3 Å². The highest BCUT2D eigenvalue weighted by atomic mass is 32.1. The number of thiazole rings is 1. The zero-order chi connectivity index (χ0) is 12.2. The van der Waals surface area contributed by atoms with Crippen LogP contribution in [0.1, 0.15) is 37.9 Å². The van der Waals surface area contributed by atoms with Crippen molar-refractivity contribution >= 4 is 11.3 Å². The van der Waals surface area contributed by atoms with Crippen molar-refractivity contribution in [2.75, 3.05) is 6.54 Å². The molecule has 0 fully saturated rings. The van der Waals surface area contributed by atoms with Crippen molar-refractivity contribution < 1.29 is 5.11 Å². The molecule has 0 saturated carbocycles. The molecule has 16 heavy (non-hydrogen) atoms. The van der Waals surface area contributed by atoms with Crippen LogP contribution >= 0.6 is 11.3 Å². The first kappa shape index (κ1) is 13.6. The number of aliphatic hydroxyl groups is 1. The lowest BCUT2D eigenvalue weighted by atomic mass is 9.89.